The molecule has 0 aliphatic carbocycles. The SMILES string of the molecule is COc1cccc(CCC[SH](=O)=O)c1. The molecule has 1 rings (SSSR count). The number of aryl methyl sites for hydroxylation is 1. The topological polar surface area (TPSA) is 43.4 Å². The molecule has 0 N–H and O–H groups in total. The third-order valence-corrected chi connectivity index (χ3v) is 2.62. The van der Waals surface area contributed by atoms with Crippen molar-refractivity contribution in [2.45, 2.75) is 12.8 Å². The van der Waals surface area contributed by atoms with Gasteiger partial charge in [0.15, 0.2) is 0 Å². The first-order chi connectivity index (χ1) is 6.72. The summed E-state index contributed by atoms with van der Waals surface area (Å²) in [5.41, 5.74) is 1.11. The summed E-state index contributed by atoms with van der Waals surface area (Å²) in [5, 5.41) is 0. The first-order valence-corrected chi connectivity index (χ1v) is 5.83. The van der Waals surface area contributed by atoms with Gasteiger partial charge < -0.3 is 4.74 Å². The zero-order valence-corrected chi connectivity index (χ0v) is 9.00. The molecule has 4 heteroatoms. The maximum atomic E-state index is 10.3. The Hall–Kier alpha value is -1.03. The Morgan fingerprint density at radius 2 is 2.14 bits per heavy atom. The summed E-state index contributed by atoms with van der Waals surface area (Å²) in [6, 6.07) is 7.68. The lowest BCUT2D eigenvalue weighted by molar-refractivity contribution is 0.414. The Balaban J connectivity index is 2.50. The smallest absolute Gasteiger partial charge is 0.140 e. The molecule has 0 bridgehead atoms. The second-order valence-corrected chi connectivity index (χ2v) is 4.12. The first kappa shape index (κ1) is 11.0. The molecular weight excluding hydrogens is 200 g/mol. The standard InChI is InChI=1S/C10H14O3S/c1-13-10-6-2-4-9(8-10)5-3-7-14(11)12/h2,4,6,8,14H,3,5,7H2,1H3. The minimum Gasteiger partial charge on any atom is -0.497 e. The Bertz CT molecular complexity index is 350. The third-order valence-electron chi connectivity index (χ3n) is 1.94. The van der Waals surface area contributed by atoms with Crippen molar-refractivity contribution in [3.63, 3.8) is 0 Å². The fourth-order valence-corrected chi connectivity index (χ4v) is 1.66. The van der Waals surface area contributed by atoms with Gasteiger partial charge in [0.25, 0.3) is 0 Å². The lowest BCUT2D eigenvalue weighted by atomic mass is 10.1. The highest BCUT2D eigenvalue weighted by Crippen LogP contribution is 2.13. The summed E-state index contributed by atoms with van der Waals surface area (Å²) in [4.78, 5) is 0. The summed E-state index contributed by atoms with van der Waals surface area (Å²) >= 11 is 0. The normalized spacial score (nSPS) is 10.4. The molecule has 0 atom stereocenters. The molecular formula is C10H14O3S. The monoisotopic (exact) mass is 214 g/mol. The van der Waals surface area contributed by atoms with Gasteiger partial charge in [-0.05, 0) is 30.5 Å². The summed E-state index contributed by atoms with van der Waals surface area (Å²) in [7, 11) is -0.621. The molecule has 0 aliphatic heterocycles. The van der Waals surface area contributed by atoms with E-state index in [1.807, 2.05) is 24.3 Å². The van der Waals surface area contributed by atoms with Crippen LogP contribution in [0.4, 0.5) is 0 Å². The van der Waals surface area contributed by atoms with E-state index in [0.29, 0.717) is 6.42 Å². The highest BCUT2D eigenvalue weighted by Gasteiger charge is 1.96. The van der Waals surface area contributed by atoms with Crippen LogP contribution in [0.15, 0.2) is 24.3 Å². The second kappa shape index (κ2) is 5.65. The first-order valence-electron chi connectivity index (χ1n) is 4.47. The van der Waals surface area contributed by atoms with Gasteiger partial charge >= 0.3 is 0 Å². The molecule has 0 aliphatic rings. The highest BCUT2D eigenvalue weighted by molar-refractivity contribution is 7.72. The van der Waals surface area contributed by atoms with E-state index in [2.05, 4.69) is 0 Å². The van der Waals surface area contributed by atoms with Gasteiger partial charge in [0.2, 0.25) is 0 Å². The zero-order valence-electron chi connectivity index (χ0n) is 8.10. The van der Waals surface area contributed by atoms with Crippen LogP contribution in [0.25, 0.3) is 0 Å². The molecule has 0 radical (unpaired) electrons. The Labute approximate surface area is 85.7 Å². The predicted octanol–water partition coefficient (Wildman–Crippen LogP) is 1.24. The van der Waals surface area contributed by atoms with Crippen LogP contribution in [-0.2, 0) is 17.1 Å². The van der Waals surface area contributed by atoms with Crippen LogP contribution in [0.2, 0.25) is 0 Å². The Morgan fingerprint density at radius 1 is 1.36 bits per heavy atom. The summed E-state index contributed by atoms with van der Waals surface area (Å²) in [5.74, 6) is 1.07. The number of thiol groups is 1. The number of benzene rings is 1. The quantitative estimate of drug-likeness (QED) is 0.750. The molecule has 3 nitrogen and oxygen atoms in total. The molecule has 0 fully saturated rings. The van der Waals surface area contributed by atoms with Crippen LogP contribution in [0.5, 0.6) is 5.75 Å². The van der Waals surface area contributed by atoms with Gasteiger partial charge in [-0.25, -0.2) is 8.42 Å². The van der Waals surface area contributed by atoms with Gasteiger partial charge in [0.05, 0.1) is 7.11 Å². The van der Waals surface area contributed by atoms with Crippen LogP contribution < -0.4 is 4.74 Å². The van der Waals surface area contributed by atoms with Gasteiger partial charge in [0, 0.05) is 5.75 Å². The molecule has 0 aromatic heterocycles. The van der Waals surface area contributed by atoms with E-state index in [4.69, 9.17) is 4.74 Å². The van der Waals surface area contributed by atoms with Crippen LogP contribution in [0.1, 0.15) is 12.0 Å². The van der Waals surface area contributed by atoms with E-state index >= 15 is 0 Å². The van der Waals surface area contributed by atoms with Gasteiger partial charge in [-0.3, -0.25) is 0 Å². The Morgan fingerprint density at radius 3 is 2.79 bits per heavy atom. The molecule has 0 unspecified atom stereocenters. The molecule has 0 saturated heterocycles. The van der Waals surface area contributed by atoms with Crippen LogP contribution in [0.3, 0.4) is 0 Å². The van der Waals surface area contributed by atoms with Crippen molar-refractivity contribution in [3.05, 3.63) is 29.8 Å². The second-order valence-electron chi connectivity index (χ2n) is 3.01. The molecule has 14 heavy (non-hydrogen) atoms. The predicted molar refractivity (Wildman–Crippen MR) is 56.5 cm³/mol. The maximum Gasteiger partial charge on any atom is 0.140 e. The number of ether oxygens (including phenoxy) is 1. The molecule has 0 saturated carbocycles. The fourth-order valence-electron chi connectivity index (χ4n) is 1.24. The summed E-state index contributed by atoms with van der Waals surface area (Å²) < 4.78 is 25.7. The molecule has 0 spiro atoms. The summed E-state index contributed by atoms with van der Waals surface area (Å²) in [6.07, 6.45) is 1.45. The number of hydrogen-bond acceptors (Lipinski definition) is 3. The lowest BCUT2D eigenvalue weighted by Gasteiger charge is -2.02. The zero-order chi connectivity index (χ0) is 10.4. The third kappa shape index (κ3) is 3.79. The minimum absolute atomic E-state index is 0.256. The van der Waals surface area contributed by atoms with Crippen molar-refractivity contribution >= 4 is 10.7 Å². The molecule has 1 aromatic rings. The van der Waals surface area contributed by atoms with Crippen molar-refractivity contribution in [3.8, 4) is 5.75 Å². The van der Waals surface area contributed by atoms with Crippen molar-refractivity contribution in [2.24, 2.45) is 0 Å². The van der Waals surface area contributed by atoms with E-state index in [-0.39, 0.29) is 5.75 Å². The van der Waals surface area contributed by atoms with E-state index in [1.165, 1.54) is 0 Å². The van der Waals surface area contributed by atoms with E-state index in [9.17, 15) is 8.42 Å². The van der Waals surface area contributed by atoms with Crippen LogP contribution in [0, 0.1) is 0 Å². The van der Waals surface area contributed by atoms with E-state index < -0.39 is 10.7 Å². The van der Waals surface area contributed by atoms with Gasteiger partial charge in [0.1, 0.15) is 16.5 Å². The summed E-state index contributed by atoms with van der Waals surface area (Å²) in [6.45, 7) is 0. The van der Waals surface area contributed by atoms with Crippen LogP contribution in [-0.4, -0.2) is 21.3 Å². The Kier molecular flexibility index (Phi) is 4.46. The molecule has 78 valence electrons. The van der Waals surface area contributed by atoms with Gasteiger partial charge in [-0.2, -0.15) is 0 Å². The molecule has 0 heterocycles. The van der Waals surface area contributed by atoms with Crippen LogP contribution >= 0.6 is 0 Å². The van der Waals surface area contributed by atoms with E-state index in [1.54, 1.807) is 7.11 Å². The largest absolute Gasteiger partial charge is 0.497 e. The maximum absolute atomic E-state index is 10.3. The molecule has 0 amide bonds. The highest BCUT2D eigenvalue weighted by atomic mass is 32.2. The minimum atomic E-state index is -2.24. The number of hydrogen-bond donors (Lipinski definition) is 1. The van der Waals surface area contributed by atoms with Crippen molar-refractivity contribution in [2.75, 3.05) is 12.9 Å². The van der Waals surface area contributed by atoms with E-state index in [0.717, 1.165) is 17.7 Å². The van der Waals surface area contributed by atoms with Crippen molar-refractivity contribution in [1.29, 1.82) is 0 Å². The fraction of sp³-hybridized carbons (Fsp3) is 0.400. The molecule has 1 aromatic carbocycles. The lowest BCUT2D eigenvalue weighted by Crippen LogP contribution is -1.92. The van der Waals surface area contributed by atoms with Gasteiger partial charge in [-0.15, -0.1) is 0 Å². The van der Waals surface area contributed by atoms with Crippen molar-refractivity contribution < 1.29 is 13.2 Å². The van der Waals surface area contributed by atoms with Crippen molar-refractivity contribution in [1.82, 2.24) is 0 Å². The number of rotatable bonds is 5. The average Bonchev–Trinajstić information content (AvgIpc) is 2.18. The number of methoxy groups -OCH3 is 1. The van der Waals surface area contributed by atoms with Gasteiger partial charge in [-0.1, -0.05) is 12.1 Å². The average molecular weight is 214 g/mol.